The molecule has 2 rings (SSSR count). The summed E-state index contributed by atoms with van der Waals surface area (Å²) in [6.07, 6.45) is 0.353. The molecule has 1 aromatic rings. The fourth-order valence-corrected chi connectivity index (χ4v) is 2.17. The molecule has 1 N–H and O–H groups in total. The Balaban J connectivity index is 2.24. The van der Waals surface area contributed by atoms with Crippen molar-refractivity contribution >= 4 is 27.5 Å². The predicted octanol–water partition coefficient (Wildman–Crippen LogP) is 1.93. The van der Waals surface area contributed by atoms with E-state index in [2.05, 4.69) is 15.9 Å². The Hall–Kier alpha value is -0.940. The molecular weight excluding hydrogens is 277 g/mol. The predicted molar refractivity (Wildman–Crippen MR) is 61.6 cm³/mol. The monoisotopic (exact) mass is 287 g/mol. The number of nitrogens with zero attached hydrogens (tertiary/aromatic N) is 1. The molecule has 1 amide bonds. The normalized spacial score (nSPS) is 20.6. The molecule has 86 valence electrons. The Morgan fingerprint density at radius 1 is 1.56 bits per heavy atom. The third-order valence-corrected chi connectivity index (χ3v) is 3.29. The van der Waals surface area contributed by atoms with E-state index in [-0.39, 0.29) is 24.2 Å². The summed E-state index contributed by atoms with van der Waals surface area (Å²) in [6, 6.07) is 4.46. The van der Waals surface area contributed by atoms with E-state index in [1.807, 2.05) is 0 Å². The van der Waals surface area contributed by atoms with Crippen LogP contribution in [0.3, 0.4) is 0 Å². The van der Waals surface area contributed by atoms with Crippen molar-refractivity contribution in [3.8, 4) is 0 Å². The number of benzene rings is 1. The maximum Gasteiger partial charge on any atom is 0.227 e. The van der Waals surface area contributed by atoms with Gasteiger partial charge in [-0.2, -0.15) is 0 Å². The molecule has 1 unspecified atom stereocenters. The second-order valence-electron chi connectivity index (χ2n) is 3.86. The highest BCUT2D eigenvalue weighted by atomic mass is 79.9. The number of anilines is 1. The van der Waals surface area contributed by atoms with Crippen LogP contribution in [-0.4, -0.2) is 24.2 Å². The number of hydrogen-bond donors (Lipinski definition) is 1. The fourth-order valence-electron chi connectivity index (χ4n) is 1.81. The van der Waals surface area contributed by atoms with Crippen LogP contribution < -0.4 is 4.90 Å². The molecule has 0 saturated carbocycles. The lowest BCUT2D eigenvalue weighted by molar-refractivity contribution is -0.117. The van der Waals surface area contributed by atoms with E-state index < -0.39 is 0 Å². The van der Waals surface area contributed by atoms with Gasteiger partial charge in [0.25, 0.3) is 0 Å². The molecule has 0 aliphatic carbocycles. The zero-order valence-electron chi connectivity index (χ0n) is 8.49. The zero-order chi connectivity index (χ0) is 11.7. The number of hydrogen-bond acceptors (Lipinski definition) is 2. The number of rotatable bonds is 2. The Morgan fingerprint density at radius 3 is 2.88 bits per heavy atom. The first-order chi connectivity index (χ1) is 7.61. The molecular formula is C11H11BrFNO2. The first kappa shape index (κ1) is 11.5. The van der Waals surface area contributed by atoms with Gasteiger partial charge in [-0.1, -0.05) is 0 Å². The molecule has 0 aromatic heterocycles. The third-order valence-electron chi connectivity index (χ3n) is 2.68. The van der Waals surface area contributed by atoms with Crippen molar-refractivity contribution in [2.24, 2.45) is 5.92 Å². The van der Waals surface area contributed by atoms with Crippen LogP contribution >= 0.6 is 15.9 Å². The number of halogens is 2. The van der Waals surface area contributed by atoms with E-state index in [1.165, 1.54) is 6.07 Å². The van der Waals surface area contributed by atoms with Crippen LogP contribution in [-0.2, 0) is 4.79 Å². The minimum atomic E-state index is -0.353. The third kappa shape index (κ3) is 2.10. The van der Waals surface area contributed by atoms with Crippen LogP contribution in [0, 0.1) is 11.7 Å². The first-order valence-corrected chi connectivity index (χ1v) is 5.77. The molecule has 0 radical (unpaired) electrons. The lowest BCUT2D eigenvalue weighted by Crippen LogP contribution is -2.24. The molecule has 1 aliphatic heterocycles. The maximum atomic E-state index is 13.0. The standard InChI is InChI=1S/C11H11BrFNO2/c12-9-4-8(1-2-10(9)13)14-5-7(6-15)3-11(14)16/h1-2,4,7,15H,3,5-6H2. The fraction of sp³-hybridized carbons (Fsp3) is 0.364. The molecule has 1 aromatic carbocycles. The Kier molecular flexibility index (Phi) is 3.25. The summed E-state index contributed by atoms with van der Waals surface area (Å²) in [5.74, 6) is -0.400. The van der Waals surface area contributed by atoms with Crippen molar-refractivity contribution in [1.82, 2.24) is 0 Å². The quantitative estimate of drug-likeness (QED) is 0.903. The summed E-state index contributed by atoms with van der Waals surface area (Å²) >= 11 is 3.08. The second-order valence-corrected chi connectivity index (χ2v) is 4.71. The summed E-state index contributed by atoms with van der Waals surface area (Å²) < 4.78 is 13.4. The highest BCUT2D eigenvalue weighted by molar-refractivity contribution is 9.10. The molecule has 1 saturated heterocycles. The van der Waals surface area contributed by atoms with Crippen LogP contribution in [0.5, 0.6) is 0 Å². The SMILES string of the molecule is O=C1CC(CO)CN1c1ccc(F)c(Br)c1. The summed E-state index contributed by atoms with van der Waals surface area (Å²) in [4.78, 5) is 13.2. The molecule has 16 heavy (non-hydrogen) atoms. The Morgan fingerprint density at radius 2 is 2.31 bits per heavy atom. The summed E-state index contributed by atoms with van der Waals surface area (Å²) in [5, 5.41) is 9.00. The minimum absolute atomic E-state index is 0.00457. The number of amides is 1. The van der Waals surface area contributed by atoms with Crippen LogP contribution in [0.2, 0.25) is 0 Å². The summed E-state index contributed by atoms with van der Waals surface area (Å²) in [7, 11) is 0. The van der Waals surface area contributed by atoms with Crippen molar-refractivity contribution in [2.75, 3.05) is 18.1 Å². The van der Waals surface area contributed by atoms with E-state index in [1.54, 1.807) is 17.0 Å². The molecule has 0 bridgehead atoms. The number of aliphatic hydroxyl groups excluding tert-OH is 1. The van der Waals surface area contributed by atoms with Crippen LogP contribution in [0.4, 0.5) is 10.1 Å². The van der Waals surface area contributed by atoms with Crippen LogP contribution in [0.1, 0.15) is 6.42 Å². The average Bonchev–Trinajstić information content (AvgIpc) is 2.64. The van der Waals surface area contributed by atoms with Gasteiger partial charge in [0.05, 0.1) is 4.47 Å². The average molecular weight is 288 g/mol. The van der Waals surface area contributed by atoms with Crippen LogP contribution in [0.25, 0.3) is 0 Å². The molecule has 5 heteroatoms. The molecule has 1 fully saturated rings. The van der Waals surface area contributed by atoms with Gasteiger partial charge in [0.2, 0.25) is 5.91 Å². The largest absolute Gasteiger partial charge is 0.396 e. The van der Waals surface area contributed by atoms with E-state index in [4.69, 9.17) is 5.11 Å². The lowest BCUT2D eigenvalue weighted by Gasteiger charge is -2.16. The van der Waals surface area contributed by atoms with Gasteiger partial charge >= 0.3 is 0 Å². The van der Waals surface area contributed by atoms with Gasteiger partial charge in [-0.05, 0) is 34.1 Å². The number of carbonyl (C=O) groups is 1. The number of aliphatic hydroxyl groups is 1. The van der Waals surface area contributed by atoms with Crippen molar-refractivity contribution in [3.63, 3.8) is 0 Å². The van der Waals surface area contributed by atoms with Gasteiger partial charge in [0.15, 0.2) is 0 Å². The highest BCUT2D eigenvalue weighted by Crippen LogP contribution is 2.28. The first-order valence-electron chi connectivity index (χ1n) is 4.98. The van der Waals surface area contributed by atoms with Gasteiger partial charge < -0.3 is 10.0 Å². The van der Waals surface area contributed by atoms with Gasteiger partial charge in [0.1, 0.15) is 5.82 Å². The van der Waals surface area contributed by atoms with E-state index in [0.29, 0.717) is 23.1 Å². The van der Waals surface area contributed by atoms with Crippen molar-refractivity contribution in [1.29, 1.82) is 0 Å². The minimum Gasteiger partial charge on any atom is -0.396 e. The van der Waals surface area contributed by atoms with E-state index >= 15 is 0 Å². The Bertz CT molecular complexity index is 424. The smallest absolute Gasteiger partial charge is 0.227 e. The molecule has 0 spiro atoms. The highest BCUT2D eigenvalue weighted by Gasteiger charge is 2.30. The summed E-state index contributed by atoms with van der Waals surface area (Å²) in [6.45, 7) is 0.498. The Labute approximate surface area is 101 Å². The van der Waals surface area contributed by atoms with Crippen molar-refractivity contribution in [2.45, 2.75) is 6.42 Å². The van der Waals surface area contributed by atoms with Gasteiger partial charge in [0, 0.05) is 31.2 Å². The van der Waals surface area contributed by atoms with Crippen LogP contribution in [0.15, 0.2) is 22.7 Å². The number of carbonyl (C=O) groups excluding carboxylic acids is 1. The second kappa shape index (κ2) is 4.51. The molecule has 1 atom stereocenters. The molecule has 1 heterocycles. The topological polar surface area (TPSA) is 40.5 Å². The van der Waals surface area contributed by atoms with Crippen molar-refractivity contribution in [3.05, 3.63) is 28.5 Å². The summed E-state index contributed by atoms with van der Waals surface area (Å²) in [5.41, 5.74) is 0.661. The van der Waals surface area contributed by atoms with Gasteiger partial charge in [-0.25, -0.2) is 4.39 Å². The maximum absolute atomic E-state index is 13.0. The van der Waals surface area contributed by atoms with Gasteiger partial charge in [-0.3, -0.25) is 4.79 Å². The zero-order valence-corrected chi connectivity index (χ0v) is 10.1. The molecule has 3 nitrogen and oxygen atoms in total. The van der Waals surface area contributed by atoms with Gasteiger partial charge in [-0.15, -0.1) is 0 Å². The molecule has 1 aliphatic rings. The lowest BCUT2D eigenvalue weighted by atomic mass is 10.1. The van der Waals surface area contributed by atoms with E-state index in [9.17, 15) is 9.18 Å². The van der Waals surface area contributed by atoms with Crippen molar-refractivity contribution < 1.29 is 14.3 Å². The van der Waals surface area contributed by atoms with E-state index in [0.717, 1.165) is 0 Å².